The summed E-state index contributed by atoms with van der Waals surface area (Å²) in [6.07, 6.45) is 1.78. The van der Waals surface area contributed by atoms with E-state index >= 15 is 0 Å². The number of nitrogens with one attached hydrogen (secondary N) is 1. The average Bonchev–Trinajstić information content (AvgIpc) is 3.36. The summed E-state index contributed by atoms with van der Waals surface area (Å²) in [6.45, 7) is 0.207. The van der Waals surface area contributed by atoms with Crippen LogP contribution in [0.5, 0.6) is 5.75 Å². The Morgan fingerprint density at radius 1 is 1.08 bits per heavy atom. The van der Waals surface area contributed by atoms with Crippen LogP contribution in [0.15, 0.2) is 89.3 Å². The third-order valence-corrected chi connectivity index (χ3v) is 9.42. The molecule has 10 heteroatoms. The standard InChI is InChI=1S/C26H21ClN2O5S2/c27-18-10-8-17(9-11-18)23-12-13-24(35-23)36(32,33)29-26(25(30)31)15-21(26)20-6-1-2-7-22(20)34-16-19-5-3-4-14-28-19/h1-14,21,29H,15-16H2,(H,30,31). The summed E-state index contributed by atoms with van der Waals surface area (Å²) in [4.78, 5) is 17.3. The molecule has 5 rings (SSSR count). The predicted octanol–water partition coefficient (Wildman–Crippen LogP) is 5.33. The first-order chi connectivity index (χ1) is 17.3. The number of benzene rings is 2. The second-order valence-corrected chi connectivity index (χ2v) is 11.8. The molecular weight excluding hydrogens is 520 g/mol. The van der Waals surface area contributed by atoms with Gasteiger partial charge in [-0.3, -0.25) is 9.78 Å². The first kappa shape index (κ1) is 24.5. The number of hydrogen-bond acceptors (Lipinski definition) is 6. The molecule has 2 atom stereocenters. The van der Waals surface area contributed by atoms with Crippen LogP contribution in [0.4, 0.5) is 0 Å². The number of carbonyl (C=O) groups is 1. The maximum Gasteiger partial charge on any atom is 0.325 e. The molecule has 1 aliphatic carbocycles. The quantitative estimate of drug-likeness (QED) is 0.297. The summed E-state index contributed by atoms with van der Waals surface area (Å²) in [7, 11) is -4.09. The molecule has 1 saturated carbocycles. The molecule has 2 heterocycles. The molecule has 2 aromatic carbocycles. The summed E-state index contributed by atoms with van der Waals surface area (Å²) in [5, 5.41) is 10.6. The molecule has 184 valence electrons. The third kappa shape index (κ3) is 4.87. The first-order valence-corrected chi connectivity index (χ1v) is 13.7. The molecule has 36 heavy (non-hydrogen) atoms. The average molecular weight is 541 g/mol. The van der Waals surface area contributed by atoms with E-state index in [0.29, 0.717) is 16.3 Å². The molecule has 0 aliphatic heterocycles. The van der Waals surface area contributed by atoms with Crippen molar-refractivity contribution in [1.29, 1.82) is 0 Å². The molecule has 0 bridgehead atoms. The first-order valence-electron chi connectivity index (χ1n) is 11.0. The third-order valence-electron chi connectivity index (χ3n) is 6.03. The predicted molar refractivity (Wildman–Crippen MR) is 138 cm³/mol. The Morgan fingerprint density at radius 3 is 2.56 bits per heavy atom. The topological polar surface area (TPSA) is 106 Å². The summed E-state index contributed by atoms with van der Waals surface area (Å²) >= 11 is 7.01. The maximum atomic E-state index is 13.2. The Hall–Kier alpha value is -3.24. The summed E-state index contributed by atoms with van der Waals surface area (Å²) in [5.41, 5.74) is 0.518. The number of halogens is 1. The Bertz CT molecular complexity index is 1510. The van der Waals surface area contributed by atoms with E-state index in [1.165, 1.54) is 6.07 Å². The second kappa shape index (κ2) is 9.67. The fourth-order valence-electron chi connectivity index (χ4n) is 4.09. The van der Waals surface area contributed by atoms with Crippen molar-refractivity contribution in [2.24, 2.45) is 0 Å². The van der Waals surface area contributed by atoms with Gasteiger partial charge in [0.25, 0.3) is 10.0 Å². The Balaban J connectivity index is 1.37. The monoisotopic (exact) mass is 540 g/mol. The van der Waals surface area contributed by atoms with E-state index in [4.69, 9.17) is 16.3 Å². The van der Waals surface area contributed by atoms with Gasteiger partial charge in [0.15, 0.2) is 0 Å². The number of rotatable bonds is 9. The highest BCUT2D eigenvalue weighted by Gasteiger charge is 2.64. The molecule has 1 aliphatic rings. The molecule has 7 nitrogen and oxygen atoms in total. The van der Waals surface area contributed by atoms with Gasteiger partial charge in [0.05, 0.1) is 5.69 Å². The highest BCUT2D eigenvalue weighted by molar-refractivity contribution is 7.91. The zero-order valence-corrected chi connectivity index (χ0v) is 21.2. The lowest BCUT2D eigenvalue weighted by molar-refractivity contribution is -0.140. The minimum atomic E-state index is -4.09. The van der Waals surface area contributed by atoms with Gasteiger partial charge in [-0.25, -0.2) is 8.42 Å². The number of hydrogen-bond donors (Lipinski definition) is 2. The Morgan fingerprint density at radius 2 is 1.83 bits per heavy atom. The molecule has 0 spiro atoms. The van der Waals surface area contributed by atoms with Crippen LogP contribution in [-0.2, 0) is 21.4 Å². The molecule has 0 radical (unpaired) electrons. The lowest BCUT2D eigenvalue weighted by Crippen LogP contribution is -2.44. The van der Waals surface area contributed by atoms with E-state index in [1.807, 2.05) is 12.1 Å². The number of carboxylic acid groups (broad SMARTS) is 1. The van der Waals surface area contributed by atoms with Crippen LogP contribution in [0.1, 0.15) is 23.6 Å². The minimum Gasteiger partial charge on any atom is -0.487 e. The molecule has 2 aromatic heterocycles. The number of aliphatic carboxylic acids is 1. The van der Waals surface area contributed by atoms with E-state index < -0.39 is 27.4 Å². The Labute approximate surface area is 217 Å². The smallest absolute Gasteiger partial charge is 0.325 e. The van der Waals surface area contributed by atoms with Crippen molar-refractivity contribution in [2.45, 2.75) is 28.7 Å². The molecule has 0 saturated heterocycles. The summed E-state index contributed by atoms with van der Waals surface area (Å²) in [6, 6.07) is 22.8. The van der Waals surface area contributed by atoms with Crippen molar-refractivity contribution in [2.75, 3.05) is 0 Å². The number of para-hydroxylation sites is 1. The highest BCUT2D eigenvalue weighted by atomic mass is 35.5. The van der Waals surface area contributed by atoms with Crippen LogP contribution < -0.4 is 9.46 Å². The fourth-order valence-corrected chi connectivity index (χ4v) is 6.93. The number of nitrogens with zero attached hydrogens (tertiary/aromatic N) is 1. The van der Waals surface area contributed by atoms with Crippen molar-refractivity contribution < 1.29 is 23.1 Å². The van der Waals surface area contributed by atoms with Gasteiger partial charge in [-0.15, -0.1) is 11.3 Å². The van der Waals surface area contributed by atoms with Crippen LogP contribution in [0, 0.1) is 0 Å². The number of pyridine rings is 1. The van der Waals surface area contributed by atoms with Crippen LogP contribution in [0.25, 0.3) is 10.4 Å². The zero-order valence-electron chi connectivity index (χ0n) is 18.8. The van der Waals surface area contributed by atoms with Crippen LogP contribution in [0.3, 0.4) is 0 Å². The van der Waals surface area contributed by atoms with Crippen molar-refractivity contribution in [3.63, 3.8) is 0 Å². The summed E-state index contributed by atoms with van der Waals surface area (Å²) < 4.78 is 34.9. The van der Waals surface area contributed by atoms with Crippen molar-refractivity contribution in [3.05, 3.63) is 101 Å². The largest absolute Gasteiger partial charge is 0.487 e. The second-order valence-electron chi connectivity index (χ2n) is 8.41. The van der Waals surface area contributed by atoms with Gasteiger partial charge >= 0.3 is 5.97 Å². The number of aromatic nitrogens is 1. The Kier molecular flexibility index (Phi) is 6.57. The molecular formula is C26H21ClN2O5S2. The molecule has 1 fully saturated rings. The number of ether oxygens (including phenoxy) is 1. The van der Waals surface area contributed by atoms with Crippen molar-refractivity contribution >= 4 is 38.9 Å². The van der Waals surface area contributed by atoms with E-state index in [0.717, 1.165) is 27.5 Å². The van der Waals surface area contributed by atoms with Gasteiger partial charge in [0, 0.05) is 22.0 Å². The van der Waals surface area contributed by atoms with Gasteiger partial charge in [0.1, 0.15) is 22.1 Å². The fraction of sp³-hybridized carbons (Fsp3) is 0.154. The lowest BCUT2D eigenvalue weighted by atomic mass is 10.1. The number of carboxylic acids is 1. The van der Waals surface area contributed by atoms with Gasteiger partial charge in [-0.1, -0.05) is 48.0 Å². The van der Waals surface area contributed by atoms with Gasteiger partial charge in [-0.2, -0.15) is 4.72 Å². The molecule has 0 amide bonds. The van der Waals surface area contributed by atoms with Crippen LogP contribution in [0.2, 0.25) is 5.02 Å². The number of thiophene rings is 1. The normalized spacial score (nSPS) is 19.1. The molecule has 4 aromatic rings. The van der Waals surface area contributed by atoms with Crippen LogP contribution >= 0.6 is 22.9 Å². The SMILES string of the molecule is O=C(O)C1(NS(=O)(=O)c2ccc(-c3ccc(Cl)cc3)s2)CC1c1ccccc1OCc1ccccn1. The molecule has 2 unspecified atom stereocenters. The van der Waals surface area contributed by atoms with E-state index in [2.05, 4.69) is 9.71 Å². The van der Waals surface area contributed by atoms with Gasteiger partial charge in [0.2, 0.25) is 0 Å². The molecule has 2 N–H and O–H groups in total. The summed E-state index contributed by atoms with van der Waals surface area (Å²) in [5.74, 6) is -1.32. The lowest BCUT2D eigenvalue weighted by Gasteiger charge is -2.16. The van der Waals surface area contributed by atoms with Gasteiger partial charge in [-0.05, 0) is 60.0 Å². The zero-order chi connectivity index (χ0) is 25.3. The van der Waals surface area contributed by atoms with Crippen LogP contribution in [-0.4, -0.2) is 30.0 Å². The van der Waals surface area contributed by atoms with Crippen molar-refractivity contribution in [3.8, 4) is 16.2 Å². The minimum absolute atomic E-state index is 0.0402. The van der Waals surface area contributed by atoms with E-state index in [-0.39, 0.29) is 17.2 Å². The van der Waals surface area contributed by atoms with Gasteiger partial charge < -0.3 is 9.84 Å². The highest BCUT2D eigenvalue weighted by Crippen LogP contribution is 2.55. The van der Waals surface area contributed by atoms with E-state index in [9.17, 15) is 18.3 Å². The van der Waals surface area contributed by atoms with E-state index in [1.54, 1.807) is 66.9 Å². The number of sulfonamides is 1. The van der Waals surface area contributed by atoms with Crippen molar-refractivity contribution in [1.82, 2.24) is 9.71 Å². The maximum absolute atomic E-state index is 13.2.